The van der Waals surface area contributed by atoms with Crippen LogP contribution >= 0.6 is 0 Å². The summed E-state index contributed by atoms with van der Waals surface area (Å²) < 4.78 is 17.1. The van der Waals surface area contributed by atoms with E-state index in [4.69, 9.17) is 19.4 Å². The van der Waals surface area contributed by atoms with Crippen molar-refractivity contribution >= 4 is 5.71 Å². The van der Waals surface area contributed by atoms with Crippen molar-refractivity contribution in [2.45, 2.75) is 11.9 Å². The Morgan fingerprint density at radius 1 is 1.19 bits per heavy atom. The standard InChI is InChI=1S/C14H19N4O9/c1-18(2-4-25-5-3-18)8-11-9-26-14(27-11)12(16(21)22)6-10(15(19)20)7-13(14)17(23)24/h6-7,11H,2-5,8-9H2,1H3,(H,19,20)/q+1. The van der Waals surface area contributed by atoms with Crippen LogP contribution < -0.4 is 0 Å². The van der Waals surface area contributed by atoms with Gasteiger partial charge in [-0.15, -0.1) is 0 Å². The second kappa shape index (κ2) is 6.84. The first-order chi connectivity index (χ1) is 12.7. The maximum Gasteiger partial charge on any atom is 0.357 e. The number of morpholine rings is 1. The number of nitro groups is 2. The molecular formula is C14H19N4O9+. The van der Waals surface area contributed by atoms with Crippen LogP contribution in [0.15, 0.2) is 23.5 Å². The molecule has 2 heterocycles. The SMILES string of the molecule is C[N+]1(CC2COC3(O2)C([N+](=O)[O-])=CC(=[N+]([O-])O)C=C3[N+](=O)[O-])CCOCC1. The smallest absolute Gasteiger partial charge is 0.357 e. The van der Waals surface area contributed by atoms with Crippen molar-refractivity contribution in [1.82, 2.24) is 0 Å². The molecule has 2 fully saturated rings. The summed E-state index contributed by atoms with van der Waals surface area (Å²) in [5.41, 5.74) is -2.34. The highest BCUT2D eigenvalue weighted by atomic mass is 16.8. The van der Waals surface area contributed by atoms with Crippen LogP contribution in [-0.4, -0.2) is 88.5 Å². The molecule has 1 N–H and O–H groups in total. The Morgan fingerprint density at radius 3 is 2.22 bits per heavy atom. The zero-order valence-corrected chi connectivity index (χ0v) is 14.5. The predicted molar refractivity (Wildman–Crippen MR) is 85.7 cm³/mol. The third-order valence-electron chi connectivity index (χ3n) is 4.86. The summed E-state index contributed by atoms with van der Waals surface area (Å²) in [6.45, 7) is 2.85. The number of nitrogens with zero attached hydrogens (tertiary/aromatic N) is 4. The molecule has 2 aliphatic heterocycles. The Morgan fingerprint density at radius 2 is 1.74 bits per heavy atom. The summed E-state index contributed by atoms with van der Waals surface area (Å²) in [7, 11) is 1.97. The van der Waals surface area contributed by atoms with E-state index in [-0.39, 0.29) is 6.61 Å². The molecule has 3 rings (SSSR count). The molecule has 0 radical (unpaired) electrons. The molecule has 13 heteroatoms. The third-order valence-corrected chi connectivity index (χ3v) is 4.86. The van der Waals surface area contributed by atoms with Crippen LogP contribution in [0.4, 0.5) is 0 Å². The topological polar surface area (TPSA) is 160 Å². The zero-order chi connectivity index (χ0) is 19.8. The van der Waals surface area contributed by atoms with E-state index >= 15 is 0 Å². The molecule has 1 spiro atoms. The number of likely N-dealkylation sites (N-methyl/N-ethyl adjacent to an activating group) is 1. The molecule has 0 amide bonds. The van der Waals surface area contributed by atoms with Crippen molar-refractivity contribution in [3.05, 3.63) is 49.0 Å². The van der Waals surface area contributed by atoms with Crippen molar-refractivity contribution in [3.8, 4) is 0 Å². The van der Waals surface area contributed by atoms with Crippen LogP contribution in [0, 0.1) is 25.4 Å². The average molecular weight is 387 g/mol. The van der Waals surface area contributed by atoms with E-state index in [9.17, 15) is 25.4 Å². The average Bonchev–Trinajstić information content (AvgIpc) is 2.97. The van der Waals surface area contributed by atoms with Crippen molar-refractivity contribution < 1.29 is 38.6 Å². The fraction of sp³-hybridized carbons (Fsp3) is 0.643. The number of allylic oxidation sites excluding steroid dienone is 2. The fourth-order valence-corrected chi connectivity index (χ4v) is 3.43. The Labute approximate surface area is 152 Å². The van der Waals surface area contributed by atoms with Gasteiger partial charge in [0.2, 0.25) is 0 Å². The summed E-state index contributed by atoms with van der Waals surface area (Å²) in [6.07, 6.45) is 0.764. The largest absolute Gasteiger partial charge is 0.417 e. The Bertz CT molecular complexity index is 716. The lowest BCUT2D eigenvalue weighted by Gasteiger charge is -2.38. The summed E-state index contributed by atoms with van der Waals surface area (Å²) in [6, 6.07) is 0. The first-order valence-corrected chi connectivity index (χ1v) is 8.16. The normalized spacial score (nSPS) is 30.0. The van der Waals surface area contributed by atoms with E-state index in [2.05, 4.69) is 0 Å². The highest BCUT2D eigenvalue weighted by Gasteiger charge is 2.64. The number of quaternary nitrogens is 1. The second-order valence-corrected chi connectivity index (χ2v) is 6.80. The van der Waals surface area contributed by atoms with Crippen LogP contribution in [0.3, 0.4) is 0 Å². The number of rotatable bonds is 4. The molecule has 0 aromatic heterocycles. The van der Waals surface area contributed by atoms with Gasteiger partial charge in [-0.1, -0.05) is 0 Å². The molecule has 27 heavy (non-hydrogen) atoms. The van der Waals surface area contributed by atoms with Crippen LogP contribution in [0.5, 0.6) is 0 Å². The van der Waals surface area contributed by atoms with Crippen molar-refractivity contribution in [1.29, 1.82) is 0 Å². The van der Waals surface area contributed by atoms with Gasteiger partial charge in [0.05, 0.1) is 48.9 Å². The van der Waals surface area contributed by atoms with E-state index < -0.39 is 43.7 Å². The highest BCUT2D eigenvalue weighted by molar-refractivity contribution is 6.02. The van der Waals surface area contributed by atoms with Gasteiger partial charge < -0.3 is 23.9 Å². The zero-order valence-electron chi connectivity index (χ0n) is 14.5. The van der Waals surface area contributed by atoms with Crippen LogP contribution in [-0.2, 0) is 14.2 Å². The molecule has 3 aliphatic rings. The predicted octanol–water partition coefficient (Wildman–Crippen LogP) is -0.750. The van der Waals surface area contributed by atoms with Crippen LogP contribution in [0.1, 0.15) is 0 Å². The first kappa shape index (κ1) is 19.2. The summed E-state index contributed by atoms with van der Waals surface area (Å²) >= 11 is 0. The second-order valence-electron chi connectivity index (χ2n) is 6.80. The first-order valence-electron chi connectivity index (χ1n) is 8.16. The van der Waals surface area contributed by atoms with Gasteiger partial charge in [-0.3, -0.25) is 25.4 Å². The fourth-order valence-electron chi connectivity index (χ4n) is 3.43. The monoisotopic (exact) mass is 387 g/mol. The van der Waals surface area contributed by atoms with Crippen molar-refractivity contribution in [2.24, 2.45) is 0 Å². The number of ether oxygens (including phenoxy) is 3. The molecule has 13 nitrogen and oxygen atoms in total. The summed E-state index contributed by atoms with van der Waals surface area (Å²) in [5.74, 6) is -2.34. The van der Waals surface area contributed by atoms with Gasteiger partial charge in [0.25, 0.3) is 5.71 Å². The van der Waals surface area contributed by atoms with Crippen molar-refractivity contribution in [2.75, 3.05) is 46.5 Å². The Balaban J connectivity index is 1.93. The van der Waals surface area contributed by atoms with Crippen LogP contribution in [0.2, 0.25) is 0 Å². The lowest BCUT2D eigenvalue weighted by Crippen LogP contribution is -2.56. The molecular weight excluding hydrogens is 368 g/mol. The van der Waals surface area contributed by atoms with E-state index in [0.29, 0.717) is 49.5 Å². The Hall–Kier alpha value is -2.61. The molecule has 0 aromatic rings. The van der Waals surface area contributed by atoms with Gasteiger partial charge in [0.15, 0.2) is 0 Å². The van der Waals surface area contributed by atoms with Gasteiger partial charge in [-0.2, -0.15) is 0 Å². The minimum atomic E-state index is -2.34. The molecule has 0 aromatic carbocycles. The highest BCUT2D eigenvalue weighted by Crippen LogP contribution is 2.41. The molecule has 1 unspecified atom stereocenters. The lowest BCUT2D eigenvalue weighted by molar-refractivity contribution is -0.919. The van der Waals surface area contributed by atoms with Gasteiger partial charge in [-0.25, -0.2) is 0 Å². The van der Waals surface area contributed by atoms with E-state index in [0.717, 1.165) is 0 Å². The summed E-state index contributed by atoms with van der Waals surface area (Å²) in [5, 5.41) is 43.1. The third kappa shape index (κ3) is 3.49. The molecule has 1 aliphatic carbocycles. The summed E-state index contributed by atoms with van der Waals surface area (Å²) in [4.78, 5) is 20.5. The van der Waals surface area contributed by atoms with Crippen LogP contribution in [0.25, 0.3) is 0 Å². The molecule has 148 valence electrons. The van der Waals surface area contributed by atoms with Gasteiger partial charge in [0, 0.05) is 4.90 Å². The molecule has 2 saturated heterocycles. The molecule has 0 saturated carbocycles. The minimum Gasteiger partial charge on any atom is -0.417 e. The minimum absolute atomic E-state index is 0.0966. The van der Waals surface area contributed by atoms with Crippen molar-refractivity contribution in [3.63, 3.8) is 0 Å². The van der Waals surface area contributed by atoms with E-state index in [1.54, 1.807) is 0 Å². The maximum absolute atomic E-state index is 11.5. The van der Waals surface area contributed by atoms with E-state index in [1.807, 2.05) is 7.05 Å². The number of hydrogen-bond acceptors (Lipinski definition) is 9. The van der Waals surface area contributed by atoms with Gasteiger partial charge in [-0.05, 0) is 0 Å². The van der Waals surface area contributed by atoms with E-state index in [1.165, 1.54) is 0 Å². The molecule has 0 bridgehead atoms. The molecule has 1 atom stereocenters. The number of hydrogen-bond donors (Lipinski definition) is 1. The maximum atomic E-state index is 11.5. The lowest BCUT2D eigenvalue weighted by atomic mass is 10.0. The van der Waals surface area contributed by atoms with Gasteiger partial charge >= 0.3 is 17.2 Å². The van der Waals surface area contributed by atoms with Gasteiger partial charge in [0.1, 0.15) is 25.7 Å². The quantitative estimate of drug-likeness (QED) is 0.215. The Kier molecular flexibility index (Phi) is 4.86.